The lowest BCUT2D eigenvalue weighted by Gasteiger charge is -2.19. The van der Waals surface area contributed by atoms with Crippen molar-refractivity contribution in [2.75, 3.05) is 19.1 Å². The van der Waals surface area contributed by atoms with Crippen molar-refractivity contribution in [3.8, 4) is 5.75 Å². The Labute approximate surface area is 129 Å². The Balaban J connectivity index is 2.24. The van der Waals surface area contributed by atoms with E-state index in [0.29, 0.717) is 11.5 Å². The minimum absolute atomic E-state index is 0.250. The first-order valence-corrected chi connectivity index (χ1v) is 6.96. The van der Waals surface area contributed by atoms with Crippen molar-refractivity contribution in [2.45, 2.75) is 6.17 Å². The highest BCUT2D eigenvalue weighted by Crippen LogP contribution is 2.30. The Morgan fingerprint density at radius 3 is 2.59 bits per heavy atom. The third kappa shape index (κ3) is 2.35. The van der Waals surface area contributed by atoms with Gasteiger partial charge in [0.1, 0.15) is 5.75 Å². The number of nitrogens with zero attached hydrogens (tertiary/aromatic N) is 2. The number of fused-ring (bicyclic) bond motifs is 1. The van der Waals surface area contributed by atoms with Crippen LogP contribution in [0.3, 0.4) is 0 Å². The summed E-state index contributed by atoms with van der Waals surface area (Å²) < 4.78 is 5.26. The van der Waals surface area contributed by atoms with E-state index in [1.54, 1.807) is 14.2 Å². The molecule has 3 rings (SSSR count). The maximum Gasteiger partial charge on any atom is 0.266 e. The SMILES string of the molecule is COc1ccc2c(c1)N(C)C(=O)C(N)N=C2c1ccccc1. The number of carbonyl (C=O) groups excluding carboxylic acids is 1. The van der Waals surface area contributed by atoms with Crippen LogP contribution >= 0.6 is 0 Å². The largest absolute Gasteiger partial charge is 0.497 e. The van der Waals surface area contributed by atoms with Gasteiger partial charge in [0.2, 0.25) is 0 Å². The normalized spacial score (nSPS) is 17.6. The van der Waals surface area contributed by atoms with Gasteiger partial charge in [0, 0.05) is 24.2 Å². The summed E-state index contributed by atoms with van der Waals surface area (Å²) in [6.45, 7) is 0. The van der Waals surface area contributed by atoms with E-state index in [4.69, 9.17) is 10.5 Å². The van der Waals surface area contributed by atoms with Crippen molar-refractivity contribution >= 4 is 17.3 Å². The zero-order valence-electron chi connectivity index (χ0n) is 12.5. The van der Waals surface area contributed by atoms with Crippen LogP contribution in [0.4, 0.5) is 5.69 Å². The first-order chi connectivity index (χ1) is 10.6. The molecule has 112 valence electrons. The lowest BCUT2D eigenvalue weighted by Crippen LogP contribution is -2.39. The van der Waals surface area contributed by atoms with E-state index in [-0.39, 0.29) is 5.91 Å². The Bertz CT molecular complexity index is 741. The van der Waals surface area contributed by atoms with E-state index in [1.165, 1.54) is 4.90 Å². The van der Waals surface area contributed by atoms with Crippen molar-refractivity contribution in [1.29, 1.82) is 0 Å². The average Bonchev–Trinajstić information content (AvgIpc) is 2.66. The molecule has 1 unspecified atom stereocenters. The van der Waals surface area contributed by atoms with E-state index in [9.17, 15) is 4.79 Å². The Morgan fingerprint density at radius 1 is 1.18 bits per heavy atom. The third-order valence-electron chi connectivity index (χ3n) is 3.72. The summed E-state index contributed by atoms with van der Waals surface area (Å²) >= 11 is 0. The third-order valence-corrected chi connectivity index (χ3v) is 3.72. The quantitative estimate of drug-likeness (QED) is 0.918. The predicted molar refractivity (Wildman–Crippen MR) is 86.5 cm³/mol. The molecule has 2 N–H and O–H groups in total. The van der Waals surface area contributed by atoms with Crippen LogP contribution < -0.4 is 15.4 Å². The molecule has 0 radical (unpaired) electrons. The Morgan fingerprint density at radius 2 is 1.91 bits per heavy atom. The molecule has 0 fully saturated rings. The van der Waals surface area contributed by atoms with Crippen molar-refractivity contribution in [3.63, 3.8) is 0 Å². The predicted octanol–water partition coefficient (Wildman–Crippen LogP) is 1.79. The van der Waals surface area contributed by atoms with Gasteiger partial charge in [0.15, 0.2) is 6.17 Å². The highest BCUT2D eigenvalue weighted by molar-refractivity contribution is 6.20. The molecule has 2 aromatic carbocycles. The van der Waals surface area contributed by atoms with E-state index in [1.807, 2.05) is 48.5 Å². The van der Waals surface area contributed by atoms with Crippen LogP contribution in [0.25, 0.3) is 0 Å². The summed E-state index contributed by atoms with van der Waals surface area (Å²) in [4.78, 5) is 18.3. The Kier molecular flexibility index (Phi) is 3.65. The summed E-state index contributed by atoms with van der Waals surface area (Å²) in [6.07, 6.45) is -0.918. The van der Waals surface area contributed by atoms with Gasteiger partial charge < -0.3 is 15.4 Å². The van der Waals surface area contributed by atoms with Crippen LogP contribution in [-0.2, 0) is 4.79 Å². The summed E-state index contributed by atoms with van der Waals surface area (Å²) in [5.74, 6) is 0.432. The van der Waals surface area contributed by atoms with Crippen molar-refractivity contribution in [3.05, 3.63) is 59.7 Å². The smallest absolute Gasteiger partial charge is 0.266 e. The van der Waals surface area contributed by atoms with E-state index < -0.39 is 6.17 Å². The number of carbonyl (C=O) groups is 1. The summed E-state index contributed by atoms with van der Waals surface area (Å²) in [7, 11) is 3.29. The fourth-order valence-corrected chi connectivity index (χ4v) is 2.52. The van der Waals surface area contributed by atoms with Gasteiger partial charge in [-0.25, -0.2) is 0 Å². The fourth-order valence-electron chi connectivity index (χ4n) is 2.52. The number of rotatable bonds is 2. The molecule has 0 aromatic heterocycles. The molecule has 1 aliphatic rings. The van der Waals surface area contributed by atoms with Gasteiger partial charge in [-0.1, -0.05) is 30.3 Å². The lowest BCUT2D eigenvalue weighted by atomic mass is 10.00. The van der Waals surface area contributed by atoms with Crippen molar-refractivity contribution in [1.82, 2.24) is 0 Å². The minimum Gasteiger partial charge on any atom is -0.497 e. The van der Waals surface area contributed by atoms with Gasteiger partial charge in [-0.2, -0.15) is 0 Å². The number of methoxy groups -OCH3 is 1. The lowest BCUT2D eigenvalue weighted by molar-refractivity contribution is -0.119. The zero-order chi connectivity index (χ0) is 15.7. The molecular formula is C17H17N3O2. The maximum atomic E-state index is 12.3. The molecule has 1 aliphatic heterocycles. The molecule has 1 atom stereocenters. The van der Waals surface area contributed by atoms with Gasteiger partial charge in [-0.3, -0.25) is 9.79 Å². The summed E-state index contributed by atoms with van der Waals surface area (Å²) in [5.41, 5.74) is 9.16. The summed E-state index contributed by atoms with van der Waals surface area (Å²) in [6, 6.07) is 15.3. The molecule has 0 aliphatic carbocycles. The van der Waals surface area contributed by atoms with Gasteiger partial charge >= 0.3 is 0 Å². The molecule has 0 bridgehead atoms. The second-order valence-electron chi connectivity index (χ2n) is 5.07. The second kappa shape index (κ2) is 5.61. The number of aliphatic imine (C=N–C) groups is 1. The highest BCUT2D eigenvalue weighted by atomic mass is 16.5. The minimum atomic E-state index is -0.918. The number of nitrogens with two attached hydrogens (primary N) is 1. The van der Waals surface area contributed by atoms with Gasteiger partial charge in [0.05, 0.1) is 18.5 Å². The van der Waals surface area contributed by atoms with Crippen LogP contribution in [-0.4, -0.2) is 31.9 Å². The topological polar surface area (TPSA) is 67.9 Å². The first kappa shape index (κ1) is 14.3. The second-order valence-corrected chi connectivity index (χ2v) is 5.07. The highest BCUT2D eigenvalue weighted by Gasteiger charge is 2.27. The van der Waals surface area contributed by atoms with Crippen LogP contribution in [0.15, 0.2) is 53.5 Å². The molecule has 22 heavy (non-hydrogen) atoms. The zero-order valence-corrected chi connectivity index (χ0v) is 12.5. The first-order valence-electron chi connectivity index (χ1n) is 6.96. The van der Waals surface area contributed by atoms with Crippen LogP contribution in [0.5, 0.6) is 5.75 Å². The molecule has 1 amide bonds. The molecule has 2 aromatic rings. The van der Waals surface area contributed by atoms with Crippen LogP contribution in [0, 0.1) is 0 Å². The molecule has 1 heterocycles. The number of benzene rings is 2. The van der Waals surface area contributed by atoms with E-state index in [0.717, 1.165) is 16.8 Å². The molecule has 0 saturated heterocycles. The molecular weight excluding hydrogens is 278 g/mol. The summed E-state index contributed by atoms with van der Waals surface area (Å²) in [5, 5.41) is 0. The number of ether oxygens (including phenoxy) is 1. The van der Waals surface area contributed by atoms with Crippen LogP contribution in [0.1, 0.15) is 11.1 Å². The van der Waals surface area contributed by atoms with Gasteiger partial charge in [-0.15, -0.1) is 0 Å². The number of amides is 1. The number of likely N-dealkylation sites (N-methyl/N-ethyl adjacent to an activating group) is 1. The van der Waals surface area contributed by atoms with Gasteiger partial charge in [-0.05, 0) is 12.1 Å². The fraction of sp³-hybridized carbons (Fsp3) is 0.176. The average molecular weight is 295 g/mol. The number of anilines is 1. The molecule has 5 nitrogen and oxygen atoms in total. The monoisotopic (exact) mass is 295 g/mol. The Hall–Kier alpha value is -2.66. The van der Waals surface area contributed by atoms with E-state index >= 15 is 0 Å². The van der Waals surface area contributed by atoms with Crippen LogP contribution in [0.2, 0.25) is 0 Å². The standard InChI is InChI=1S/C17H17N3O2/c1-20-14-10-12(22-2)8-9-13(14)15(19-16(18)17(20)21)11-6-4-3-5-7-11/h3-10,16H,18H2,1-2H3. The molecule has 0 saturated carbocycles. The number of benzodiazepines with no additional fused rings is 1. The molecule has 0 spiro atoms. The van der Waals surface area contributed by atoms with E-state index in [2.05, 4.69) is 4.99 Å². The molecule has 5 heteroatoms. The maximum absolute atomic E-state index is 12.3. The van der Waals surface area contributed by atoms with Crippen molar-refractivity contribution in [2.24, 2.45) is 10.7 Å². The van der Waals surface area contributed by atoms with Crippen molar-refractivity contribution < 1.29 is 9.53 Å². The number of hydrogen-bond donors (Lipinski definition) is 1. The number of hydrogen-bond acceptors (Lipinski definition) is 4. The van der Waals surface area contributed by atoms with Gasteiger partial charge in [0.25, 0.3) is 5.91 Å².